The fourth-order valence-electron chi connectivity index (χ4n) is 5.67. The van der Waals surface area contributed by atoms with Gasteiger partial charge in [-0.1, -0.05) is 42.5 Å². The summed E-state index contributed by atoms with van der Waals surface area (Å²) < 4.78 is 0. The van der Waals surface area contributed by atoms with Crippen LogP contribution >= 0.6 is 0 Å². The number of hydrogen-bond donors (Lipinski definition) is 10. The molecule has 20 heteroatoms. The van der Waals surface area contributed by atoms with Crippen molar-refractivity contribution in [3.05, 3.63) is 71.3 Å². The van der Waals surface area contributed by atoms with Crippen LogP contribution in [0.25, 0.3) is 0 Å². The monoisotopic (exact) mass is 807 g/mol. The van der Waals surface area contributed by atoms with E-state index in [-0.39, 0.29) is 44.2 Å². The van der Waals surface area contributed by atoms with Crippen LogP contribution in [0.2, 0.25) is 0 Å². The largest absolute Gasteiger partial charge is 0.480 e. The van der Waals surface area contributed by atoms with Gasteiger partial charge in [0.05, 0.1) is 19.5 Å². The lowest BCUT2D eigenvalue weighted by molar-refractivity contribution is -0.142. The molecule has 0 bridgehead atoms. The van der Waals surface area contributed by atoms with Gasteiger partial charge in [-0.2, -0.15) is 0 Å². The molecule has 2 aromatic rings. The lowest BCUT2D eigenvalue weighted by atomic mass is 10.0. The molecule has 9 amide bonds. The van der Waals surface area contributed by atoms with E-state index in [1.807, 2.05) is 0 Å². The second-order valence-corrected chi connectivity index (χ2v) is 13.6. The molecule has 0 aliphatic carbocycles. The van der Waals surface area contributed by atoms with Crippen molar-refractivity contribution < 1.29 is 53.1 Å². The van der Waals surface area contributed by atoms with Crippen molar-refractivity contribution in [1.82, 2.24) is 42.5 Å². The first-order chi connectivity index (χ1) is 27.5. The van der Waals surface area contributed by atoms with Crippen LogP contribution in [0.4, 0.5) is 0 Å². The predicted molar refractivity (Wildman–Crippen MR) is 205 cm³/mol. The number of aliphatic carboxylic acids is 1. The number of carboxylic acids is 1. The maximum absolute atomic E-state index is 14.1. The Hall–Kier alpha value is -6.86. The summed E-state index contributed by atoms with van der Waals surface area (Å²) in [4.78, 5) is 128. The van der Waals surface area contributed by atoms with Gasteiger partial charge in [-0.25, -0.2) is 4.79 Å². The number of rotatable bonds is 9. The molecule has 0 spiro atoms. The van der Waals surface area contributed by atoms with E-state index < -0.39 is 109 Å². The number of carbonyl (C=O) groups excluding carboxylic acids is 9. The van der Waals surface area contributed by atoms with Gasteiger partial charge >= 0.3 is 5.97 Å². The van der Waals surface area contributed by atoms with Gasteiger partial charge < -0.3 is 53.4 Å². The van der Waals surface area contributed by atoms with E-state index in [2.05, 4.69) is 42.5 Å². The van der Waals surface area contributed by atoms with Gasteiger partial charge in [0, 0.05) is 31.9 Å². The predicted octanol–water partition coefficient (Wildman–Crippen LogP) is -2.96. The van der Waals surface area contributed by atoms with Gasteiger partial charge in [0.2, 0.25) is 53.2 Å². The van der Waals surface area contributed by atoms with Crippen molar-refractivity contribution in [2.75, 3.05) is 19.6 Å². The van der Waals surface area contributed by atoms with E-state index in [9.17, 15) is 53.1 Å². The van der Waals surface area contributed by atoms with E-state index >= 15 is 0 Å². The van der Waals surface area contributed by atoms with Crippen LogP contribution in [-0.4, -0.2) is 114 Å². The van der Waals surface area contributed by atoms with Gasteiger partial charge in [0.15, 0.2) is 0 Å². The zero-order chi connectivity index (χ0) is 42.8. The lowest BCUT2D eigenvalue weighted by Crippen LogP contribution is -2.59. The molecule has 1 aliphatic heterocycles. The minimum absolute atomic E-state index is 0.0237. The number of nitrogens with two attached hydrogens (primary N) is 1. The minimum Gasteiger partial charge on any atom is -0.480 e. The number of amides is 9. The van der Waals surface area contributed by atoms with E-state index in [0.29, 0.717) is 11.1 Å². The van der Waals surface area contributed by atoms with Gasteiger partial charge in [0.25, 0.3) is 0 Å². The van der Waals surface area contributed by atoms with Gasteiger partial charge in [0.1, 0.15) is 30.2 Å². The van der Waals surface area contributed by atoms with E-state index in [1.165, 1.54) is 38.1 Å². The van der Waals surface area contributed by atoms with Gasteiger partial charge in [-0.15, -0.1) is 0 Å². The lowest BCUT2D eigenvalue weighted by Gasteiger charge is -2.26. The van der Waals surface area contributed by atoms with Crippen LogP contribution in [0.1, 0.15) is 61.0 Å². The third kappa shape index (κ3) is 15.7. The van der Waals surface area contributed by atoms with Crippen LogP contribution in [0, 0.1) is 0 Å². The Morgan fingerprint density at radius 2 is 1.36 bits per heavy atom. The second-order valence-electron chi connectivity index (χ2n) is 13.6. The molecule has 1 fully saturated rings. The molecule has 1 aliphatic rings. The minimum atomic E-state index is -1.58. The molecular weight excluding hydrogens is 758 g/mol. The molecule has 0 radical (unpaired) electrons. The summed E-state index contributed by atoms with van der Waals surface area (Å²) in [5.74, 6) is -8.37. The summed E-state index contributed by atoms with van der Waals surface area (Å²) in [7, 11) is 0. The molecule has 3 rings (SSSR count). The summed E-state index contributed by atoms with van der Waals surface area (Å²) in [6, 6.07) is 7.46. The summed E-state index contributed by atoms with van der Waals surface area (Å²) in [5.41, 5.74) is 6.59. The first-order valence-corrected chi connectivity index (χ1v) is 18.5. The number of hydrogen-bond acceptors (Lipinski definition) is 10. The highest BCUT2D eigenvalue weighted by Crippen LogP contribution is 2.10. The summed E-state index contributed by atoms with van der Waals surface area (Å²) in [5, 5.41) is 29.3. The van der Waals surface area contributed by atoms with E-state index in [1.54, 1.807) is 30.3 Å². The SMILES string of the molecule is CC(=O)NCC(=O)NC1CC(=O)NCCCCC(C(=O)O)NC(=O)[C@H](C)NC(=O)CNC(=O)C(Cc2ccccc2)NC(=O)[C@H](Cc2ccc(C(N)=O)cc2)NC1=O. The van der Waals surface area contributed by atoms with Crippen LogP contribution in [-0.2, 0) is 56.0 Å². The molecule has 5 atom stereocenters. The number of carbonyl (C=O) groups is 10. The van der Waals surface area contributed by atoms with Gasteiger partial charge in [-0.3, -0.25) is 43.2 Å². The molecule has 11 N–H and O–H groups in total. The molecule has 1 heterocycles. The molecular formula is C38H49N9O11. The molecule has 0 aromatic heterocycles. The Morgan fingerprint density at radius 3 is 1.98 bits per heavy atom. The maximum atomic E-state index is 14.1. The third-order valence-electron chi connectivity index (χ3n) is 8.82. The van der Waals surface area contributed by atoms with Crippen molar-refractivity contribution in [1.29, 1.82) is 0 Å². The standard InChI is InChI=1S/C38H49N9O11/c1-21-34(53)45-26(38(57)58)10-6-7-15-40-30(49)18-29(44-32(51)19-41-22(2)48)37(56)47-28(17-24-11-13-25(14-12-24)33(39)52)36(55)46-27(16-23-8-4-3-5-9-23)35(54)42-20-31(50)43-21/h3-5,8-9,11-14,21,26-29H,6-7,10,15-20H2,1-2H3,(H2,39,52)(H,40,49)(H,41,48)(H,42,54)(H,43,50)(H,44,51)(H,45,53)(H,46,55)(H,47,56)(H,57,58)/t21-,26?,27?,28-,29?/m0/s1. The zero-order valence-electron chi connectivity index (χ0n) is 32.1. The molecule has 312 valence electrons. The average molecular weight is 808 g/mol. The highest BCUT2D eigenvalue weighted by atomic mass is 16.4. The number of nitrogens with one attached hydrogen (secondary N) is 8. The fraction of sp³-hybridized carbons (Fsp3) is 0.421. The highest BCUT2D eigenvalue weighted by Gasteiger charge is 2.32. The molecule has 2 aromatic carbocycles. The summed E-state index contributed by atoms with van der Waals surface area (Å²) in [6.45, 7) is 1.36. The van der Waals surface area contributed by atoms with Gasteiger partial charge in [-0.05, 0) is 49.4 Å². The number of benzene rings is 2. The topological polar surface area (TPSA) is 313 Å². The molecule has 20 nitrogen and oxygen atoms in total. The summed E-state index contributed by atoms with van der Waals surface area (Å²) in [6.07, 6.45) is -0.466. The molecule has 0 saturated carbocycles. The fourth-order valence-corrected chi connectivity index (χ4v) is 5.67. The van der Waals surface area contributed by atoms with Crippen molar-refractivity contribution in [2.24, 2.45) is 5.73 Å². The molecule has 58 heavy (non-hydrogen) atoms. The summed E-state index contributed by atoms with van der Waals surface area (Å²) >= 11 is 0. The third-order valence-corrected chi connectivity index (χ3v) is 8.82. The molecule has 1 saturated heterocycles. The van der Waals surface area contributed by atoms with E-state index in [0.717, 1.165) is 0 Å². The first kappa shape index (κ1) is 45.5. The Balaban J connectivity index is 2.00. The maximum Gasteiger partial charge on any atom is 0.326 e. The smallest absolute Gasteiger partial charge is 0.326 e. The van der Waals surface area contributed by atoms with Crippen molar-refractivity contribution in [2.45, 2.75) is 82.6 Å². The van der Waals surface area contributed by atoms with Crippen LogP contribution in [0.5, 0.6) is 0 Å². The zero-order valence-corrected chi connectivity index (χ0v) is 32.1. The Bertz CT molecular complexity index is 1840. The Labute approximate surface area is 333 Å². The van der Waals surface area contributed by atoms with E-state index in [4.69, 9.17) is 5.73 Å². The first-order valence-electron chi connectivity index (χ1n) is 18.5. The Morgan fingerprint density at radius 1 is 0.741 bits per heavy atom. The van der Waals surface area contributed by atoms with Crippen molar-refractivity contribution in [3.63, 3.8) is 0 Å². The molecule has 3 unspecified atom stereocenters. The normalized spacial score (nSPS) is 22.0. The van der Waals surface area contributed by atoms with Crippen molar-refractivity contribution >= 4 is 59.1 Å². The average Bonchev–Trinajstić information content (AvgIpc) is 3.17. The Kier molecular flexibility index (Phi) is 17.8. The van der Waals surface area contributed by atoms with Crippen LogP contribution in [0.3, 0.4) is 0 Å². The second kappa shape index (κ2) is 22.6. The van der Waals surface area contributed by atoms with Crippen LogP contribution in [0.15, 0.2) is 54.6 Å². The number of primary amides is 1. The van der Waals surface area contributed by atoms with Crippen LogP contribution < -0.4 is 48.3 Å². The quantitative estimate of drug-likeness (QED) is 0.122. The highest BCUT2D eigenvalue weighted by molar-refractivity contribution is 5.98. The number of carboxylic acid groups (broad SMARTS) is 1. The van der Waals surface area contributed by atoms with Crippen molar-refractivity contribution in [3.8, 4) is 0 Å².